The Morgan fingerprint density at radius 2 is 1.67 bits per heavy atom. The van der Waals surface area contributed by atoms with Gasteiger partial charge in [-0.25, -0.2) is 0 Å². The van der Waals surface area contributed by atoms with Gasteiger partial charge in [-0.1, -0.05) is 83.2 Å². The number of amides is 1. The molecule has 0 aliphatic carbocycles. The van der Waals surface area contributed by atoms with Crippen LogP contribution in [0.25, 0.3) is 0 Å². The minimum atomic E-state index is -0.706. The molecule has 2 N–H and O–H groups in total. The summed E-state index contributed by atoms with van der Waals surface area (Å²) in [6.45, 7) is 5.96. The fourth-order valence-corrected chi connectivity index (χ4v) is 3.69. The number of aliphatic hydroxyl groups excluding tert-OH is 1. The topological polar surface area (TPSA) is 61.8 Å². The largest absolute Gasteiger partial charge is 0.386 e. The molecular weight excluding hydrogens is 400 g/mol. The van der Waals surface area contributed by atoms with Crippen LogP contribution in [0.15, 0.2) is 30.3 Å². The molecule has 5 nitrogen and oxygen atoms in total. The van der Waals surface area contributed by atoms with Gasteiger partial charge in [0.15, 0.2) is 0 Å². The number of unbranched alkanes of at least 4 members (excludes halogenated alkanes) is 6. The molecular formula is C24H43ClN2O3. The molecule has 1 aromatic carbocycles. The summed E-state index contributed by atoms with van der Waals surface area (Å²) in [6, 6.07) is 9.30. The molecule has 30 heavy (non-hydrogen) atoms. The maximum Gasteiger partial charge on any atom is 0.220 e. The highest BCUT2D eigenvalue weighted by Gasteiger charge is 2.26. The summed E-state index contributed by atoms with van der Waals surface area (Å²) in [7, 11) is 0. The van der Waals surface area contributed by atoms with E-state index in [0.29, 0.717) is 26.2 Å². The minimum Gasteiger partial charge on any atom is -0.386 e. The van der Waals surface area contributed by atoms with Crippen molar-refractivity contribution in [2.45, 2.75) is 77.9 Å². The number of benzene rings is 1. The average molecular weight is 443 g/mol. The highest BCUT2D eigenvalue weighted by atomic mass is 35.5. The van der Waals surface area contributed by atoms with Crippen LogP contribution in [0, 0.1) is 0 Å². The Balaban J connectivity index is 0.00000420. The summed E-state index contributed by atoms with van der Waals surface area (Å²) in [5.74, 6) is 0.0433. The zero-order valence-corrected chi connectivity index (χ0v) is 18.7. The first kappa shape index (κ1) is 28.9. The van der Waals surface area contributed by atoms with E-state index in [4.69, 9.17) is 4.74 Å². The van der Waals surface area contributed by atoms with Crippen LogP contribution in [-0.2, 0) is 9.53 Å². The van der Waals surface area contributed by atoms with Crippen LogP contribution in [0.4, 0.5) is 0 Å². The van der Waals surface area contributed by atoms with Gasteiger partial charge in [-0.05, 0) is 12.0 Å². The van der Waals surface area contributed by atoms with Gasteiger partial charge in [-0.3, -0.25) is 9.69 Å². The molecule has 1 aliphatic rings. The van der Waals surface area contributed by atoms with Crippen molar-refractivity contribution in [3.05, 3.63) is 35.9 Å². The minimum absolute atomic E-state index is 0. The summed E-state index contributed by atoms with van der Waals surface area (Å²) < 4.78 is 5.42. The lowest BCUT2D eigenvalue weighted by molar-refractivity contribution is -0.123. The first-order valence-corrected chi connectivity index (χ1v) is 11.0. The highest BCUT2D eigenvalue weighted by Crippen LogP contribution is 2.18. The van der Waals surface area contributed by atoms with E-state index in [1.807, 2.05) is 30.3 Å². The number of nitrogens with one attached hydrogen (secondary N) is 1. The van der Waals surface area contributed by atoms with E-state index in [1.54, 1.807) is 0 Å². The molecule has 0 saturated carbocycles. The third-order valence-corrected chi connectivity index (χ3v) is 5.43. The SMILES string of the molecule is C.CCCCCCCCCC(=O)NC(CN1CCOCC1)C(O)c1ccccc1.Cl. The van der Waals surface area contributed by atoms with Crippen LogP contribution < -0.4 is 5.32 Å². The number of halogens is 1. The monoisotopic (exact) mass is 442 g/mol. The molecule has 1 heterocycles. The van der Waals surface area contributed by atoms with E-state index in [0.717, 1.165) is 31.5 Å². The lowest BCUT2D eigenvalue weighted by Gasteiger charge is -2.33. The molecule has 2 rings (SSSR count). The average Bonchev–Trinajstić information content (AvgIpc) is 2.73. The maximum absolute atomic E-state index is 12.5. The van der Waals surface area contributed by atoms with Gasteiger partial charge in [-0.15, -0.1) is 12.4 Å². The van der Waals surface area contributed by atoms with Crippen molar-refractivity contribution < 1.29 is 14.6 Å². The molecule has 1 fully saturated rings. The quantitative estimate of drug-likeness (QED) is 0.433. The first-order valence-electron chi connectivity index (χ1n) is 11.0. The van der Waals surface area contributed by atoms with Crippen LogP contribution in [-0.4, -0.2) is 54.8 Å². The Kier molecular flexibility index (Phi) is 16.9. The first-order chi connectivity index (χ1) is 13.7. The van der Waals surface area contributed by atoms with E-state index in [-0.39, 0.29) is 31.8 Å². The van der Waals surface area contributed by atoms with Crippen molar-refractivity contribution in [2.75, 3.05) is 32.8 Å². The summed E-state index contributed by atoms with van der Waals surface area (Å²) in [5, 5.41) is 14.0. The van der Waals surface area contributed by atoms with Crippen LogP contribution in [0.2, 0.25) is 0 Å². The molecule has 1 aromatic rings. The zero-order valence-electron chi connectivity index (χ0n) is 17.9. The second-order valence-corrected chi connectivity index (χ2v) is 7.81. The van der Waals surface area contributed by atoms with Crippen molar-refractivity contribution >= 4 is 18.3 Å². The van der Waals surface area contributed by atoms with Gasteiger partial charge in [0.05, 0.1) is 19.3 Å². The van der Waals surface area contributed by atoms with Crippen LogP contribution in [0.1, 0.15) is 77.4 Å². The number of hydrogen-bond acceptors (Lipinski definition) is 4. The number of carbonyl (C=O) groups is 1. The van der Waals surface area contributed by atoms with Crippen molar-refractivity contribution in [3.8, 4) is 0 Å². The van der Waals surface area contributed by atoms with Crippen LogP contribution in [0.5, 0.6) is 0 Å². The smallest absolute Gasteiger partial charge is 0.220 e. The number of carbonyl (C=O) groups excluding carboxylic acids is 1. The van der Waals surface area contributed by atoms with Gasteiger partial charge in [0, 0.05) is 26.1 Å². The molecule has 1 aliphatic heterocycles. The normalized spacial score (nSPS) is 16.1. The molecule has 0 radical (unpaired) electrons. The standard InChI is InChI=1S/C23H38N2O3.CH4.ClH/c1-2-3-4-5-6-7-11-14-22(26)24-21(19-25-15-17-28-18-16-25)23(27)20-12-9-8-10-13-20;;/h8-10,12-13,21,23,27H,2-7,11,14-19H2,1H3,(H,24,26);1H4;1H. The molecule has 174 valence electrons. The van der Waals surface area contributed by atoms with Gasteiger partial charge in [0.1, 0.15) is 6.10 Å². The summed E-state index contributed by atoms with van der Waals surface area (Å²) in [5.41, 5.74) is 0.844. The summed E-state index contributed by atoms with van der Waals surface area (Å²) in [4.78, 5) is 14.8. The molecule has 2 atom stereocenters. The third-order valence-electron chi connectivity index (χ3n) is 5.43. The summed E-state index contributed by atoms with van der Waals surface area (Å²) >= 11 is 0. The number of morpholine rings is 1. The Morgan fingerprint density at radius 1 is 1.07 bits per heavy atom. The Morgan fingerprint density at radius 3 is 2.30 bits per heavy atom. The van der Waals surface area contributed by atoms with Crippen molar-refractivity contribution in [2.24, 2.45) is 0 Å². The number of rotatable bonds is 13. The molecule has 6 heteroatoms. The highest BCUT2D eigenvalue weighted by molar-refractivity contribution is 5.85. The Hall–Kier alpha value is -1.14. The van der Waals surface area contributed by atoms with E-state index < -0.39 is 6.10 Å². The lowest BCUT2D eigenvalue weighted by atomic mass is 10.0. The van der Waals surface area contributed by atoms with Crippen LogP contribution in [0.3, 0.4) is 0 Å². The van der Waals surface area contributed by atoms with E-state index in [9.17, 15) is 9.90 Å². The predicted octanol–water partition coefficient (Wildman–Crippen LogP) is 4.74. The van der Waals surface area contributed by atoms with Crippen molar-refractivity contribution in [1.82, 2.24) is 10.2 Å². The predicted molar refractivity (Wildman–Crippen MR) is 127 cm³/mol. The van der Waals surface area contributed by atoms with E-state index in [2.05, 4.69) is 17.1 Å². The molecule has 0 aromatic heterocycles. The number of hydrogen-bond donors (Lipinski definition) is 2. The lowest BCUT2D eigenvalue weighted by Crippen LogP contribution is -2.49. The van der Waals surface area contributed by atoms with Gasteiger partial charge in [0.2, 0.25) is 5.91 Å². The Bertz CT molecular complexity index is 539. The maximum atomic E-state index is 12.5. The van der Waals surface area contributed by atoms with Gasteiger partial charge in [0.25, 0.3) is 0 Å². The Labute approximate surface area is 190 Å². The molecule has 2 unspecified atom stereocenters. The van der Waals surface area contributed by atoms with Crippen molar-refractivity contribution in [3.63, 3.8) is 0 Å². The molecule has 1 amide bonds. The van der Waals surface area contributed by atoms with Crippen LogP contribution >= 0.6 is 12.4 Å². The second-order valence-electron chi connectivity index (χ2n) is 7.81. The third kappa shape index (κ3) is 11.3. The van der Waals surface area contributed by atoms with E-state index in [1.165, 1.54) is 32.1 Å². The summed E-state index contributed by atoms with van der Waals surface area (Å²) in [6.07, 6.45) is 8.19. The fraction of sp³-hybridized carbons (Fsp3) is 0.708. The second kappa shape index (κ2) is 17.5. The van der Waals surface area contributed by atoms with E-state index >= 15 is 0 Å². The zero-order chi connectivity index (χ0) is 20.0. The molecule has 1 saturated heterocycles. The number of ether oxygens (including phenoxy) is 1. The number of aliphatic hydroxyl groups is 1. The van der Waals surface area contributed by atoms with Gasteiger partial charge in [-0.2, -0.15) is 0 Å². The van der Waals surface area contributed by atoms with Gasteiger partial charge < -0.3 is 15.2 Å². The molecule has 0 bridgehead atoms. The molecule has 0 spiro atoms. The fourth-order valence-electron chi connectivity index (χ4n) is 3.69. The number of nitrogens with zero attached hydrogens (tertiary/aromatic N) is 1. The van der Waals surface area contributed by atoms with Gasteiger partial charge >= 0.3 is 0 Å². The van der Waals surface area contributed by atoms with Crippen molar-refractivity contribution in [1.29, 1.82) is 0 Å².